The SMILES string of the molecule is CCCN1CCCC(C(C)NC(CCO)COC)C1. The first-order valence-electron chi connectivity index (χ1n) is 7.79. The maximum atomic E-state index is 9.09. The lowest BCUT2D eigenvalue weighted by Gasteiger charge is -2.37. The molecule has 0 aromatic carbocycles. The molecule has 0 aromatic heterocycles. The van der Waals surface area contributed by atoms with Crippen molar-refractivity contribution in [1.29, 1.82) is 0 Å². The fraction of sp³-hybridized carbons (Fsp3) is 1.00. The Bertz CT molecular complexity index is 218. The van der Waals surface area contributed by atoms with Crippen LogP contribution in [0.1, 0.15) is 39.5 Å². The van der Waals surface area contributed by atoms with E-state index in [1.165, 1.54) is 38.9 Å². The second-order valence-electron chi connectivity index (χ2n) is 5.82. The van der Waals surface area contributed by atoms with Crippen LogP contribution < -0.4 is 5.32 Å². The van der Waals surface area contributed by atoms with E-state index in [0.29, 0.717) is 12.6 Å². The van der Waals surface area contributed by atoms with Gasteiger partial charge in [-0.1, -0.05) is 6.92 Å². The summed E-state index contributed by atoms with van der Waals surface area (Å²) in [7, 11) is 1.72. The van der Waals surface area contributed by atoms with Crippen LogP contribution in [0.25, 0.3) is 0 Å². The van der Waals surface area contributed by atoms with Gasteiger partial charge in [-0.05, 0) is 51.6 Å². The van der Waals surface area contributed by atoms with E-state index in [1.54, 1.807) is 7.11 Å². The molecule has 3 unspecified atom stereocenters. The molecule has 114 valence electrons. The Morgan fingerprint density at radius 1 is 1.47 bits per heavy atom. The quantitative estimate of drug-likeness (QED) is 0.667. The first-order chi connectivity index (χ1) is 9.21. The Balaban J connectivity index is 2.39. The maximum absolute atomic E-state index is 9.09. The lowest BCUT2D eigenvalue weighted by molar-refractivity contribution is 0.115. The van der Waals surface area contributed by atoms with Gasteiger partial charge in [-0.3, -0.25) is 0 Å². The Morgan fingerprint density at radius 3 is 2.89 bits per heavy atom. The fourth-order valence-corrected chi connectivity index (χ4v) is 3.10. The van der Waals surface area contributed by atoms with Crippen LogP contribution in [0.5, 0.6) is 0 Å². The molecule has 1 aliphatic rings. The summed E-state index contributed by atoms with van der Waals surface area (Å²) < 4.78 is 5.22. The molecule has 0 aromatic rings. The van der Waals surface area contributed by atoms with Gasteiger partial charge in [0.25, 0.3) is 0 Å². The molecule has 0 spiro atoms. The second-order valence-corrected chi connectivity index (χ2v) is 5.82. The molecule has 0 amide bonds. The molecule has 4 nitrogen and oxygen atoms in total. The Hall–Kier alpha value is -0.160. The van der Waals surface area contributed by atoms with E-state index in [9.17, 15) is 0 Å². The van der Waals surface area contributed by atoms with Gasteiger partial charge in [-0.2, -0.15) is 0 Å². The predicted molar refractivity (Wildman–Crippen MR) is 79.4 cm³/mol. The predicted octanol–water partition coefficient (Wildman–Crippen LogP) is 1.48. The van der Waals surface area contributed by atoms with Crippen LogP contribution >= 0.6 is 0 Å². The number of hydrogen-bond donors (Lipinski definition) is 2. The van der Waals surface area contributed by atoms with Crippen LogP contribution in [0.4, 0.5) is 0 Å². The molecule has 0 bridgehead atoms. The third-order valence-electron chi connectivity index (χ3n) is 4.13. The average Bonchev–Trinajstić information content (AvgIpc) is 2.40. The number of rotatable bonds is 9. The van der Waals surface area contributed by atoms with Gasteiger partial charge in [0.2, 0.25) is 0 Å². The second kappa shape index (κ2) is 9.70. The highest BCUT2D eigenvalue weighted by molar-refractivity contribution is 4.82. The van der Waals surface area contributed by atoms with Crippen molar-refractivity contribution in [3.05, 3.63) is 0 Å². The van der Waals surface area contributed by atoms with E-state index in [-0.39, 0.29) is 12.6 Å². The number of nitrogens with zero attached hydrogens (tertiary/aromatic N) is 1. The smallest absolute Gasteiger partial charge is 0.0616 e. The van der Waals surface area contributed by atoms with E-state index in [4.69, 9.17) is 9.84 Å². The summed E-state index contributed by atoms with van der Waals surface area (Å²) in [5.41, 5.74) is 0. The van der Waals surface area contributed by atoms with Gasteiger partial charge in [0.1, 0.15) is 0 Å². The summed E-state index contributed by atoms with van der Waals surface area (Å²) >= 11 is 0. The van der Waals surface area contributed by atoms with Gasteiger partial charge < -0.3 is 20.1 Å². The van der Waals surface area contributed by atoms with E-state index in [2.05, 4.69) is 24.1 Å². The van der Waals surface area contributed by atoms with Gasteiger partial charge in [-0.25, -0.2) is 0 Å². The summed E-state index contributed by atoms with van der Waals surface area (Å²) in [6, 6.07) is 0.762. The van der Waals surface area contributed by atoms with Crippen molar-refractivity contribution in [2.75, 3.05) is 40.0 Å². The molecule has 19 heavy (non-hydrogen) atoms. The summed E-state index contributed by atoms with van der Waals surface area (Å²) in [6.07, 6.45) is 4.63. The molecule has 2 N–H and O–H groups in total. The standard InChI is InChI=1S/C15H32N2O2/c1-4-8-17-9-5-6-14(11-17)13(2)16-15(7-10-18)12-19-3/h13-16,18H,4-12H2,1-3H3. The van der Waals surface area contributed by atoms with Crippen LogP contribution in [0.15, 0.2) is 0 Å². The van der Waals surface area contributed by atoms with Crippen molar-refractivity contribution >= 4 is 0 Å². The largest absolute Gasteiger partial charge is 0.396 e. The minimum absolute atomic E-state index is 0.223. The Kier molecular flexibility index (Phi) is 8.62. The van der Waals surface area contributed by atoms with Gasteiger partial charge in [-0.15, -0.1) is 0 Å². The molecule has 0 aliphatic carbocycles. The van der Waals surface area contributed by atoms with Crippen LogP contribution in [-0.2, 0) is 4.74 Å². The van der Waals surface area contributed by atoms with Gasteiger partial charge >= 0.3 is 0 Å². The molecule has 0 saturated carbocycles. The molecular formula is C15H32N2O2. The third kappa shape index (κ3) is 6.21. The average molecular weight is 272 g/mol. The summed E-state index contributed by atoms with van der Waals surface area (Å²) in [5.74, 6) is 0.721. The third-order valence-corrected chi connectivity index (χ3v) is 4.13. The highest BCUT2D eigenvalue weighted by Gasteiger charge is 2.25. The molecule has 1 fully saturated rings. The van der Waals surface area contributed by atoms with Crippen molar-refractivity contribution in [2.24, 2.45) is 5.92 Å². The van der Waals surface area contributed by atoms with Crippen molar-refractivity contribution in [3.63, 3.8) is 0 Å². The minimum atomic E-state index is 0.223. The number of methoxy groups -OCH3 is 1. The molecule has 4 heteroatoms. The molecule has 1 aliphatic heterocycles. The summed E-state index contributed by atoms with van der Waals surface area (Å²) in [6.45, 7) is 9.12. The summed E-state index contributed by atoms with van der Waals surface area (Å²) in [5, 5.41) is 12.7. The van der Waals surface area contributed by atoms with Gasteiger partial charge in [0, 0.05) is 32.3 Å². The number of piperidine rings is 1. The van der Waals surface area contributed by atoms with E-state index >= 15 is 0 Å². The normalized spacial score (nSPS) is 24.3. The molecule has 1 heterocycles. The molecule has 1 rings (SSSR count). The topological polar surface area (TPSA) is 44.7 Å². The van der Waals surface area contributed by atoms with E-state index in [0.717, 1.165) is 12.3 Å². The molecular weight excluding hydrogens is 240 g/mol. The van der Waals surface area contributed by atoms with Crippen molar-refractivity contribution in [1.82, 2.24) is 10.2 Å². The van der Waals surface area contributed by atoms with Gasteiger partial charge in [0.05, 0.1) is 6.61 Å². The van der Waals surface area contributed by atoms with Crippen LogP contribution in [0.3, 0.4) is 0 Å². The van der Waals surface area contributed by atoms with Crippen molar-refractivity contribution < 1.29 is 9.84 Å². The zero-order valence-corrected chi connectivity index (χ0v) is 12.9. The lowest BCUT2D eigenvalue weighted by Crippen LogP contribution is -2.48. The fourth-order valence-electron chi connectivity index (χ4n) is 3.10. The van der Waals surface area contributed by atoms with E-state index < -0.39 is 0 Å². The van der Waals surface area contributed by atoms with Crippen molar-refractivity contribution in [2.45, 2.75) is 51.6 Å². The highest BCUT2D eigenvalue weighted by atomic mass is 16.5. The highest BCUT2D eigenvalue weighted by Crippen LogP contribution is 2.20. The van der Waals surface area contributed by atoms with Crippen LogP contribution in [0.2, 0.25) is 0 Å². The minimum Gasteiger partial charge on any atom is -0.396 e. The molecule has 3 atom stereocenters. The van der Waals surface area contributed by atoms with Crippen LogP contribution in [0, 0.1) is 5.92 Å². The number of aliphatic hydroxyl groups is 1. The molecule has 0 radical (unpaired) electrons. The van der Waals surface area contributed by atoms with E-state index in [1.807, 2.05) is 0 Å². The first-order valence-corrected chi connectivity index (χ1v) is 7.79. The monoisotopic (exact) mass is 272 g/mol. The Labute approximate surface area is 118 Å². The first kappa shape index (κ1) is 16.9. The molecule has 1 saturated heterocycles. The zero-order chi connectivity index (χ0) is 14.1. The lowest BCUT2D eigenvalue weighted by atomic mass is 9.91. The van der Waals surface area contributed by atoms with Crippen LogP contribution in [-0.4, -0.2) is 62.0 Å². The number of hydrogen-bond acceptors (Lipinski definition) is 4. The summed E-state index contributed by atoms with van der Waals surface area (Å²) in [4.78, 5) is 2.59. The number of likely N-dealkylation sites (tertiary alicyclic amines) is 1. The zero-order valence-electron chi connectivity index (χ0n) is 12.9. The van der Waals surface area contributed by atoms with Gasteiger partial charge in [0.15, 0.2) is 0 Å². The number of aliphatic hydroxyl groups excluding tert-OH is 1. The number of nitrogens with one attached hydrogen (secondary N) is 1. The number of ether oxygens (including phenoxy) is 1. The Morgan fingerprint density at radius 2 is 2.26 bits per heavy atom. The van der Waals surface area contributed by atoms with Crippen molar-refractivity contribution in [3.8, 4) is 0 Å². The maximum Gasteiger partial charge on any atom is 0.0616 e.